The van der Waals surface area contributed by atoms with Gasteiger partial charge in [0.15, 0.2) is 12.2 Å². The van der Waals surface area contributed by atoms with Gasteiger partial charge >= 0.3 is 39.5 Å². The summed E-state index contributed by atoms with van der Waals surface area (Å²) in [5.41, 5.74) is 0. The number of phosphoric ester groups is 2. The topological polar surface area (TPSA) is 237 Å². The summed E-state index contributed by atoms with van der Waals surface area (Å²) in [6.45, 7) is 14.3. The van der Waals surface area contributed by atoms with E-state index in [2.05, 4.69) is 55.4 Å². The van der Waals surface area contributed by atoms with E-state index in [0.717, 1.165) is 120 Å². The minimum absolute atomic E-state index is 0.107. The summed E-state index contributed by atoms with van der Waals surface area (Å²) in [4.78, 5) is 73.3. The molecule has 3 N–H and O–H groups in total. The first-order valence-corrected chi connectivity index (χ1v) is 47.7. The summed E-state index contributed by atoms with van der Waals surface area (Å²) in [5, 5.41) is 10.7. The van der Waals surface area contributed by atoms with Crippen molar-refractivity contribution in [1.29, 1.82) is 0 Å². The molecule has 0 heterocycles. The van der Waals surface area contributed by atoms with Crippen molar-refractivity contribution in [2.24, 2.45) is 23.7 Å². The van der Waals surface area contributed by atoms with E-state index >= 15 is 0 Å². The second kappa shape index (κ2) is 75.7. The molecule has 0 aromatic carbocycles. The summed E-state index contributed by atoms with van der Waals surface area (Å²) in [6, 6.07) is 0. The molecule has 6 atom stereocenters. The van der Waals surface area contributed by atoms with E-state index < -0.39 is 97.5 Å². The van der Waals surface area contributed by atoms with Gasteiger partial charge in [0.2, 0.25) is 0 Å². The second-order valence-electron chi connectivity index (χ2n) is 33.0. The van der Waals surface area contributed by atoms with Crippen LogP contribution in [0.3, 0.4) is 0 Å². The van der Waals surface area contributed by atoms with Crippen LogP contribution in [0.25, 0.3) is 0 Å². The zero-order valence-electron chi connectivity index (χ0n) is 70.1. The van der Waals surface area contributed by atoms with Gasteiger partial charge in [0.1, 0.15) is 19.3 Å². The molecular formula is C87H170O17P2. The van der Waals surface area contributed by atoms with E-state index in [0.29, 0.717) is 25.7 Å². The maximum atomic E-state index is 13.2. The smallest absolute Gasteiger partial charge is 0.462 e. The van der Waals surface area contributed by atoms with E-state index in [-0.39, 0.29) is 25.7 Å². The molecule has 0 fully saturated rings. The summed E-state index contributed by atoms with van der Waals surface area (Å²) in [5.74, 6) is 1.05. The van der Waals surface area contributed by atoms with Gasteiger partial charge in [-0.25, -0.2) is 9.13 Å². The molecule has 0 aromatic heterocycles. The Morgan fingerprint density at radius 1 is 0.264 bits per heavy atom. The van der Waals surface area contributed by atoms with Crippen LogP contribution in [0.15, 0.2) is 0 Å². The van der Waals surface area contributed by atoms with Gasteiger partial charge in [-0.05, 0) is 49.4 Å². The van der Waals surface area contributed by atoms with Crippen LogP contribution in [0.1, 0.15) is 453 Å². The zero-order chi connectivity index (χ0) is 78.1. The fourth-order valence-corrected chi connectivity index (χ4v) is 15.0. The fraction of sp³-hybridized carbons (Fsp3) is 0.954. The average molecular weight is 1550 g/mol. The molecule has 0 aliphatic carbocycles. The Balaban J connectivity index is 5.23. The minimum Gasteiger partial charge on any atom is -0.462 e. The van der Waals surface area contributed by atoms with E-state index in [1.54, 1.807) is 0 Å². The Bertz CT molecular complexity index is 2060. The molecule has 630 valence electrons. The summed E-state index contributed by atoms with van der Waals surface area (Å²) >= 11 is 0. The van der Waals surface area contributed by atoms with Crippen molar-refractivity contribution in [3.05, 3.63) is 0 Å². The third-order valence-corrected chi connectivity index (χ3v) is 22.6. The predicted octanol–water partition coefficient (Wildman–Crippen LogP) is 26.3. The highest BCUT2D eigenvalue weighted by molar-refractivity contribution is 7.47. The average Bonchev–Trinajstić information content (AvgIpc) is 0.900. The van der Waals surface area contributed by atoms with Gasteiger partial charge in [-0.3, -0.25) is 37.3 Å². The number of hydrogen-bond donors (Lipinski definition) is 3. The first kappa shape index (κ1) is 104. The lowest BCUT2D eigenvalue weighted by Crippen LogP contribution is -2.30. The third-order valence-electron chi connectivity index (χ3n) is 20.7. The molecule has 17 nitrogen and oxygen atoms in total. The largest absolute Gasteiger partial charge is 0.472 e. The molecule has 0 saturated carbocycles. The summed E-state index contributed by atoms with van der Waals surface area (Å²) in [6.07, 6.45) is 65.3. The minimum atomic E-state index is -4.97. The molecule has 0 aliphatic rings. The Hall–Kier alpha value is -1.94. The first-order valence-electron chi connectivity index (χ1n) is 44.7. The number of carbonyl (C=O) groups excluding carboxylic acids is 4. The predicted molar refractivity (Wildman–Crippen MR) is 437 cm³/mol. The van der Waals surface area contributed by atoms with E-state index in [1.807, 2.05) is 0 Å². The molecule has 0 aliphatic heterocycles. The highest BCUT2D eigenvalue weighted by atomic mass is 31.2. The second-order valence-corrected chi connectivity index (χ2v) is 35.9. The van der Waals surface area contributed by atoms with Crippen molar-refractivity contribution >= 4 is 39.5 Å². The highest BCUT2D eigenvalue weighted by Crippen LogP contribution is 2.45. The fourth-order valence-electron chi connectivity index (χ4n) is 13.5. The number of carbonyl (C=O) groups is 4. The van der Waals surface area contributed by atoms with E-state index in [9.17, 15) is 43.2 Å². The molecule has 0 bridgehead atoms. The number of hydrogen-bond acceptors (Lipinski definition) is 15. The third kappa shape index (κ3) is 78.7. The normalized spacial score (nSPS) is 14.2. The number of esters is 4. The first-order chi connectivity index (χ1) is 51.1. The van der Waals surface area contributed by atoms with Crippen LogP contribution in [0.2, 0.25) is 0 Å². The maximum Gasteiger partial charge on any atom is 0.472 e. The Morgan fingerprint density at radius 2 is 0.453 bits per heavy atom. The lowest BCUT2D eigenvalue weighted by Gasteiger charge is -2.21. The summed E-state index contributed by atoms with van der Waals surface area (Å²) in [7, 11) is -9.93. The van der Waals surface area contributed by atoms with Crippen LogP contribution in [0, 0.1) is 23.7 Å². The maximum absolute atomic E-state index is 13.2. The van der Waals surface area contributed by atoms with Crippen molar-refractivity contribution in [3.8, 4) is 0 Å². The van der Waals surface area contributed by atoms with Crippen LogP contribution in [0.4, 0.5) is 0 Å². The SMILES string of the molecule is CCC(C)CCCCCCCCC(=O)OC[C@H](COP(=O)(O)OC[C@H](O)COP(=O)(O)OC[C@@H](COC(=O)CCCCCCCCCCCCCCCCC(C)C)OC(=O)CCCCCCCCCCCCCCCCCCCCC(C)C)OC(=O)CCCCCCCCCCCCCCCCCC(C)C. The van der Waals surface area contributed by atoms with Crippen molar-refractivity contribution < 1.29 is 80.2 Å². The molecule has 0 spiro atoms. The van der Waals surface area contributed by atoms with Gasteiger partial charge in [-0.1, -0.05) is 402 Å². The van der Waals surface area contributed by atoms with Crippen LogP contribution in [-0.4, -0.2) is 96.7 Å². The van der Waals surface area contributed by atoms with Gasteiger partial charge in [0.05, 0.1) is 26.4 Å². The molecule has 3 unspecified atom stereocenters. The summed E-state index contributed by atoms with van der Waals surface area (Å²) < 4.78 is 68.9. The molecule has 0 aromatic rings. The molecular weight excluding hydrogens is 1380 g/mol. The van der Waals surface area contributed by atoms with Crippen LogP contribution < -0.4 is 0 Å². The van der Waals surface area contributed by atoms with E-state index in [1.165, 1.54) is 250 Å². The zero-order valence-corrected chi connectivity index (χ0v) is 71.9. The monoisotopic (exact) mass is 1550 g/mol. The Morgan fingerprint density at radius 3 is 0.670 bits per heavy atom. The quantitative estimate of drug-likeness (QED) is 0.0222. The van der Waals surface area contributed by atoms with Gasteiger partial charge in [0.25, 0.3) is 0 Å². The number of unbranched alkanes of at least 4 members (excludes halogenated alkanes) is 49. The molecule has 0 radical (unpaired) electrons. The van der Waals surface area contributed by atoms with Crippen molar-refractivity contribution in [3.63, 3.8) is 0 Å². The number of aliphatic hydroxyl groups is 1. The number of ether oxygens (including phenoxy) is 4. The number of aliphatic hydroxyl groups excluding tert-OH is 1. The van der Waals surface area contributed by atoms with Gasteiger partial charge in [-0.2, -0.15) is 0 Å². The van der Waals surface area contributed by atoms with Crippen LogP contribution in [0.5, 0.6) is 0 Å². The highest BCUT2D eigenvalue weighted by Gasteiger charge is 2.31. The van der Waals surface area contributed by atoms with Crippen molar-refractivity contribution in [1.82, 2.24) is 0 Å². The lowest BCUT2D eigenvalue weighted by molar-refractivity contribution is -0.161. The van der Waals surface area contributed by atoms with Crippen LogP contribution >= 0.6 is 15.6 Å². The molecule has 0 amide bonds. The number of rotatable bonds is 84. The number of phosphoric acid groups is 2. The Labute approximate surface area is 651 Å². The standard InChI is InChI=1S/C87H170O17P2/c1-9-80(8)66-58-50-45-46-52-60-68-85(90)98-74-83(104-87(92)70-62-54-44-38-32-26-18-14-16-22-28-34-40-48-56-64-78(4)5)76-102-106(95,96)100-72-81(88)71-99-105(93,94)101-75-82(73-97-84(89)67-59-51-42-36-30-24-20-19-23-29-35-41-49-57-65-79(6)7)103-86(91)69-61-53-43-37-31-25-17-13-11-10-12-15-21-27-33-39-47-55-63-77(2)3/h77-83,88H,9-76H2,1-8H3,(H,93,94)(H,95,96)/t80?,81-,82-,83-/m1/s1. The van der Waals surface area contributed by atoms with Gasteiger partial charge < -0.3 is 33.8 Å². The Kier molecular flexibility index (Phi) is 74.3. The molecule has 106 heavy (non-hydrogen) atoms. The molecule has 0 rings (SSSR count). The van der Waals surface area contributed by atoms with E-state index in [4.69, 9.17) is 37.0 Å². The molecule has 19 heteroatoms. The molecule has 0 saturated heterocycles. The van der Waals surface area contributed by atoms with Gasteiger partial charge in [0, 0.05) is 25.7 Å². The van der Waals surface area contributed by atoms with Crippen molar-refractivity contribution in [2.45, 2.75) is 472 Å². The van der Waals surface area contributed by atoms with Gasteiger partial charge in [-0.15, -0.1) is 0 Å². The lowest BCUT2D eigenvalue weighted by atomic mass is 10.00. The van der Waals surface area contributed by atoms with Crippen molar-refractivity contribution in [2.75, 3.05) is 39.6 Å². The van der Waals surface area contributed by atoms with Crippen LogP contribution in [-0.2, 0) is 65.4 Å².